The zero-order valence-electron chi connectivity index (χ0n) is 10.1. The number of carbonyl (C=O) groups is 2. The van der Waals surface area contributed by atoms with Gasteiger partial charge in [0.2, 0.25) is 11.8 Å². The lowest BCUT2D eigenvalue weighted by Crippen LogP contribution is -2.32. The molecule has 2 fully saturated rings. The first kappa shape index (κ1) is 11.6. The lowest BCUT2D eigenvalue weighted by atomic mass is 9.85. The third kappa shape index (κ3) is 1.49. The fourth-order valence-corrected chi connectivity index (χ4v) is 4.11. The first-order valence-electron chi connectivity index (χ1n) is 6.48. The number of nitrogens with zero attached hydrogens (tertiary/aromatic N) is 1. The zero-order valence-corrected chi connectivity index (χ0v) is 12.3. The first-order chi connectivity index (χ1) is 9.16. The molecule has 4 rings (SSSR count). The maximum Gasteiger partial charge on any atom is 0.238 e. The second-order valence-corrected chi connectivity index (χ2v) is 6.73. The van der Waals surface area contributed by atoms with Crippen molar-refractivity contribution in [2.45, 2.75) is 6.42 Å². The summed E-state index contributed by atoms with van der Waals surface area (Å²) in [5.74, 6) is 0.324. The van der Waals surface area contributed by atoms with Gasteiger partial charge in [-0.15, -0.1) is 0 Å². The van der Waals surface area contributed by atoms with Gasteiger partial charge in [0.25, 0.3) is 0 Å². The molecule has 0 radical (unpaired) electrons. The molecular formula is C15H12INO2. The van der Waals surface area contributed by atoms with Crippen LogP contribution in [0.3, 0.4) is 0 Å². The van der Waals surface area contributed by atoms with Crippen molar-refractivity contribution < 1.29 is 9.59 Å². The highest BCUT2D eigenvalue weighted by Gasteiger charge is 2.59. The first-order valence-corrected chi connectivity index (χ1v) is 7.56. The van der Waals surface area contributed by atoms with E-state index in [4.69, 9.17) is 0 Å². The van der Waals surface area contributed by atoms with E-state index in [-0.39, 0.29) is 35.5 Å². The SMILES string of the molecule is O=C1[C@@H]2[C@@H](C(=O)N1c1ccc(I)cc1)[C@H]1C=C[C@H]2C1. The van der Waals surface area contributed by atoms with Crippen molar-refractivity contribution in [2.75, 3.05) is 4.90 Å². The van der Waals surface area contributed by atoms with Crippen LogP contribution in [0.2, 0.25) is 0 Å². The molecule has 0 unspecified atom stereocenters. The topological polar surface area (TPSA) is 37.4 Å². The van der Waals surface area contributed by atoms with E-state index >= 15 is 0 Å². The Balaban J connectivity index is 1.74. The van der Waals surface area contributed by atoms with E-state index in [2.05, 4.69) is 34.7 Å². The molecule has 3 nitrogen and oxygen atoms in total. The van der Waals surface area contributed by atoms with E-state index in [1.165, 1.54) is 4.90 Å². The fourth-order valence-electron chi connectivity index (χ4n) is 3.75. The largest absolute Gasteiger partial charge is 0.274 e. The summed E-state index contributed by atoms with van der Waals surface area (Å²) in [6.07, 6.45) is 5.22. The molecule has 2 amide bonds. The van der Waals surface area contributed by atoms with Crippen LogP contribution in [-0.2, 0) is 9.59 Å². The van der Waals surface area contributed by atoms with Crippen LogP contribution in [0.4, 0.5) is 5.69 Å². The molecule has 4 atom stereocenters. The molecule has 1 saturated carbocycles. The average Bonchev–Trinajstić information content (AvgIpc) is 3.06. The number of halogens is 1. The smallest absolute Gasteiger partial charge is 0.238 e. The predicted molar refractivity (Wildman–Crippen MR) is 79.4 cm³/mol. The van der Waals surface area contributed by atoms with Crippen LogP contribution in [0, 0.1) is 27.2 Å². The van der Waals surface area contributed by atoms with Gasteiger partial charge in [-0.2, -0.15) is 0 Å². The highest BCUT2D eigenvalue weighted by atomic mass is 127. The molecule has 1 heterocycles. The Labute approximate surface area is 124 Å². The molecule has 1 aliphatic heterocycles. The van der Waals surface area contributed by atoms with Crippen molar-refractivity contribution in [3.8, 4) is 0 Å². The fraction of sp³-hybridized carbons (Fsp3) is 0.333. The number of rotatable bonds is 1. The van der Waals surface area contributed by atoms with Gasteiger partial charge in [0, 0.05) is 3.57 Å². The van der Waals surface area contributed by atoms with Crippen molar-refractivity contribution in [1.29, 1.82) is 0 Å². The van der Waals surface area contributed by atoms with Crippen molar-refractivity contribution in [1.82, 2.24) is 0 Å². The van der Waals surface area contributed by atoms with Crippen LogP contribution in [0.15, 0.2) is 36.4 Å². The molecule has 1 saturated heterocycles. The molecule has 19 heavy (non-hydrogen) atoms. The van der Waals surface area contributed by atoms with E-state index < -0.39 is 0 Å². The maximum atomic E-state index is 12.5. The van der Waals surface area contributed by atoms with Crippen molar-refractivity contribution in [3.05, 3.63) is 40.0 Å². The van der Waals surface area contributed by atoms with Crippen LogP contribution >= 0.6 is 22.6 Å². The molecule has 1 aromatic carbocycles. The molecule has 1 aromatic rings. The normalized spacial score (nSPS) is 35.3. The minimum atomic E-state index is -0.109. The molecule has 2 bridgehead atoms. The third-order valence-electron chi connectivity index (χ3n) is 4.56. The van der Waals surface area contributed by atoms with Crippen LogP contribution < -0.4 is 4.90 Å². The van der Waals surface area contributed by atoms with Gasteiger partial charge in [-0.3, -0.25) is 14.5 Å². The molecule has 0 aromatic heterocycles. The molecule has 96 valence electrons. The Morgan fingerprint density at radius 2 is 1.47 bits per heavy atom. The predicted octanol–water partition coefficient (Wildman–Crippen LogP) is 2.60. The lowest BCUT2D eigenvalue weighted by Gasteiger charge is -2.17. The molecule has 0 N–H and O–H groups in total. The summed E-state index contributed by atoms with van der Waals surface area (Å²) in [5, 5.41) is 0. The van der Waals surface area contributed by atoms with Crippen LogP contribution in [0.5, 0.6) is 0 Å². The van der Waals surface area contributed by atoms with E-state index in [9.17, 15) is 9.59 Å². The summed E-state index contributed by atoms with van der Waals surface area (Å²) in [7, 11) is 0. The van der Waals surface area contributed by atoms with Crippen molar-refractivity contribution >= 4 is 40.1 Å². The number of fused-ring (bicyclic) bond motifs is 5. The van der Waals surface area contributed by atoms with Crippen LogP contribution in [-0.4, -0.2) is 11.8 Å². The van der Waals surface area contributed by atoms with Crippen LogP contribution in [0.1, 0.15) is 6.42 Å². The number of carbonyl (C=O) groups excluding carboxylic acids is 2. The highest BCUT2D eigenvalue weighted by Crippen LogP contribution is 2.53. The lowest BCUT2D eigenvalue weighted by molar-refractivity contribution is -0.123. The standard InChI is InChI=1S/C15H12INO2/c16-10-3-5-11(6-4-10)17-14(18)12-8-1-2-9(7-8)13(12)15(17)19/h1-6,8-9,12-13H,7H2/t8-,9-,12-,13-/m0/s1. The van der Waals surface area contributed by atoms with E-state index in [1.54, 1.807) is 0 Å². The summed E-state index contributed by atoms with van der Waals surface area (Å²) in [6.45, 7) is 0. The number of imide groups is 1. The minimum absolute atomic E-state index is 0.00643. The molecule has 2 aliphatic carbocycles. The Kier molecular flexibility index (Phi) is 2.40. The Hall–Kier alpha value is -1.17. The monoisotopic (exact) mass is 365 g/mol. The molecule has 0 spiro atoms. The van der Waals surface area contributed by atoms with Crippen molar-refractivity contribution in [3.63, 3.8) is 0 Å². The van der Waals surface area contributed by atoms with Gasteiger partial charge in [0.05, 0.1) is 17.5 Å². The summed E-state index contributed by atoms with van der Waals surface area (Å²) in [4.78, 5) is 26.5. The van der Waals surface area contributed by atoms with Gasteiger partial charge < -0.3 is 0 Å². The van der Waals surface area contributed by atoms with E-state index in [0.717, 1.165) is 9.99 Å². The van der Waals surface area contributed by atoms with Gasteiger partial charge in [0.15, 0.2) is 0 Å². The van der Waals surface area contributed by atoms with E-state index in [0.29, 0.717) is 5.69 Å². The summed E-state index contributed by atoms with van der Waals surface area (Å²) in [5.41, 5.74) is 0.712. The zero-order chi connectivity index (χ0) is 13.1. The summed E-state index contributed by atoms with van der Waals surface area (Å²) >= 11 is 2.22. The van der Waals surface area contributed by atoms with Gasteiger partial charge >= 0.3 is 0 Å². The second kappa shape index (κ2) is 3.91. The highest BCUT2D eigenvalue weighted by molar-refractivity contribution is 14.1. The molecule has 4 heteroatoms. The maximum absolute atomic E-state index is 12.5. The quantitative estimate of drug-likeness (QED) is 0.436. The molecular weight excluding hydrogens is 353 g/mol. The van der Waals surface area contributed by atoms with Crippen LogP contribution in [0.25, 0.3) is 0 Å². The number of hydrogen-bond acceptors (Lipinski definition) is 2. The number of amides is 2. The third-order valence-corrected chi connectivity index (χ3v) is 5.27. The number of allylic oxidation sites excluding steroid dienone is 2. The molecule has 3 aliphatic rings. The Bertz CT molecular complexity index is 577. The second-order valence-electron chi connectivity index (χ2n) is 5.49. The number of hydrogen-bond donors (Lipinski definition) is 0. The summed E-state index contributed by atoms with van der Waals surface area (Å²) < 4.78 is 1.10. The van der Waals surface area contributed by atoms with Gasteiger partial charge in [-0.25, -0.2) is 0 Å². The Morgan fingerprint density at radius 1 is 0.947 bits per heavy atom. The summed E-state index contributed by atoms with van der Waals surface area (Å²) in [6, 6.07) is 7.57. The van der Waals surface area contributed by atoms with E-state index in [1.807, 2.05) is 24.3 Å². The van der Waals surface area contributed by atoms with Gasteiger partial charge in [0.1, 0.15) is 0 Å². The van der Waals surface area contributed by atoms with Crippen molar-refractivity contribution in [2.24, 2.45) is 23.7 Å². The van der Waals surface area contributed by atoms with Gasteiger partial charge in [-0.05, 0) is 65.1 Å². The average molecular weight is 365 g/mol. The van der Waals surface area contributed by atoms with Gasteiger partial charge in [-0.1, -0.05) is 12.2 Å². The Morgan fingerprint density at radius 3 is 2.00 bits per heavy atom. The number of benzene rings is 1. The number of anilines is 1. The minimum Gasteiger partial charge on any atom is -0.274 e.